The highest BCUT2D eigenvalue weighted by Crippen LogP contribution is 2.46. The number of urea groups is 1. The van der Waals surface area contributed by atoms with E-state index < -0.39 is 36.1 Å². The summed E-state index contributed by atoms with van der Waals surface area (Å²) in [7, 11) is -2.73. The zero-order valence-electron chi connectivity index (χ0n) is 22.1. The van der Waals surface area contributed by atoms with Crippen LogP contribution < -0.4 is 10.6 Å². The largest absolute Gasteiger partial charge is 0.384 e. The van der Waals surface area contributed by atoms with E-state index >= 15 is 0 Å². The summed E-state index contributed by atoms with van der Waals surface area (Å²) >= 11 is 6.02. The van der Waals surface area contributed by atoms with Crippen LogP contribution in [-0.2, 0) is 19.5 Å². The van der Waals surface area contributed by atoms with Crippen LogP contribution in [0, 0.1) is 11.3 Å². The van der Waals surface area contributed by atoms with Crippen molar-refractivity contribution in [3.63, 3.8) is 0 Å². The van der Waals surface area contributed by atoms with Gasteiger partial charge >= 0.3 is 6.03 Å². The standard InChI is InChI=1S/C25H41ClN3O5P/c1-17(2)20(28-22(31)27-15-24(5,6)34-35(7,8)33)21(30)29-14-13-25(32,23(3,4)16-29)18-9-11-19(26)12-10-18/h9-12,17,20,32H,13-16H2,1-8H3,(H2,27,28,31)/t20-,25+/m1/s1. The minimum absolute atomic E-state index is 0.133. The third-order valence-electron chi connectivity index (χ3n) is 6.44. The number of carbonyl (C=O) groups is 2. The number of rotatable bonds is 8. The van der Waals surface area contributed by atoms with Gasteiger partial charge in [0.2, 0.25) is 5.91 Å². The second-order valence-corrected chi connectivity index (χ2v) is 14.5. The molecule has 1 aromatic carbocycles. The summed E-state index contributed by atoms with van der Waals surface area (Å²) in [5.41, 5.74) is -1.80. The van der Waals surface area contributed by atoms with Crippen molar-refractivity contribution in [1.82, 2.24) is 15.5 Å². The second-order valence-electron chi connectivity index (χ2n) is 11.4. The van der Waals surface area contributed by atoms with Gasteiger partial charge in [-0.15, -0.1) is 0 Å². The van der Waals surface area contributed by atoms with Crippen LogP contribution in [0.2, 0.25) is 5.02 Å². The predicted octanol–water partition coefficient (Wildman–Crippen LogP) is 4.44. The van der Waals surface area contributed by atoms with Crippen LogP contribution in [0.1, 0.15) is 53.5 Å². The molecule has 1 fully saturated rings. The van der Waals surface area contributed by atoms with Gasteiger partial charge in [-0.1, -0.05) is 51.4 Å². The van der Waals surface area contributed by atoms with Crippen molar-refractivity contribution < 1.29 is 23.8 Å². The monoisotopic (exact) mass is 529 g/mol. The summed E-state index contributed by atoms with van der Waals surface area (Å²) in [5, 5.41) is 17.7. The van der Waals surface area contributed by atoms with Crippen molar-refractivity contribution in [1.29, 1.82) is 0 Å². The molecule has 0 aliphatic carbocycles. The Kier molecular flexibility index (Phi) is 9.14. The van der Waals surface area contributed by atoms with E-state index in [1.165, 1.54) is 13.3 Å². The van der Waals surface area contributed by atoms with Gasteiger partial charge in [-0.3, -0.25) is 9.36 Å². The van der Waals surface area contributed by atoms with E-state index in [9.17, 15) is 19.3 Å². The Bertz CT molecular complexity index is 960. The van der Waals surface area contributed by atoms with Gasteiger partial charge in [0.25, 0.3) is 0 Å². The maximum absolute atomic E-state index is 13.5. The van der Waals surface area contributed by atoms with Gasteiger partial charge in [-0.25, -0.2) is 4.79 Å². The maximum atomic E-state index is 13.5. The van der Waals surface area contributed by atoms with Crippen molar-refractivity contribution in [3.8, 4) is 0 Å². The average molecular weight is 530 g/mol. The first-order chi connectivity index (χ1) is 15.9. The molecule has 10 heteroatoms. The molecule has 1 saturated heterocycles. The quantitative estimate of drug-likeness (QED) is 0.431. The lowest BCUT2D eigenvalue weighted by molar-refractivity contribution is -0.155. The summed E-state index contributed by atoms with van der Waals surface area (Å²) in [4.78, 5) is 27.8. The summed E-state index contributed by atoms with van der Waals surface area (Å²) in [6, 6.07) is 5.93. The van der Waals surface area contributed by atoms with Gasteiger partial charge < -0.3 is 25.2 Å². The highest BCUT2D eigenvalue weighted by atomic mass is 35.5. The van der Waals surface area contributed by atoms with E-state index in [-0.39, 0.29) is 18.4 Å². The number of hydrogen-bond acceptors (Lipinski definition) is 5. The lowest BCUT2D eigenvalue weighted by Gasteiger charge is -2.51. The lowest BCUT2D eigenvalue weighted by Crippen LogP contribution is -2.61. The van der Waals surface area contributed by atoms with Gasteiger partial charge in [0.1, 0.15) is 6.04 Å². The van der Waals surface area contributed by atoms with E-state index in [1.807, 2.05) is 39.8 Å². The van der Waals surface area contributed by atoms with Gasteiger partial charge in [-0.2, -0.15) is 0 Å². The lowest BCUT2D eigenvalue weighted by atomic mass is 9.66. The maximum Gasteiger partial charge on any atom is 0.315 e. The Hall–Kier alpha value is -1.60. The van der Waals surface area contributed by atoms with Crippen LogP contribution in [0.4, 0.5) is 4.79 Å². The Morgan fingerprint density at radius 1 is 1.23 bits per heavy atom. The highest BCUT2D eigenvalue weighted by molar-refractivity contribution is 7.57. The third-order valence-corrected chi connectivity index (χ3v) is 7.63. The van der Waals surface area contributed by atoms with Gasteiger partial charge in [0.05, 0.1) is 11.2 Å². The fraction of sp³-hybridized carbons (Fsp3) is 0.680. The highest BCUT2D eigenvalue weighted by Gasteiger charge is 2.50. The van der Waals surface area contributed by atoms with E-state index in [1.54, 1.807) is 30.9 Å². The Labute approximate surface area is 214 Å². The summed E-state index contributed by atoms with van der Waals surface area (Å²) in [6.07, 6.45) is 0.365. The van der Waals surface area contributed by atoms with E-state index in [0.717, 1.165) is 5.56 Å². The van der Waals surface area contributed by atoms with Gasteiger partial charge in [0.15, 0.2) is 7.37 Å². The number of hydrogen-bond donors (Lipinski definition) is 3. The summed E-state index contributed by atoms with van der Waals surface area (Å²) < 4.78 is 17.5. The van der Waals surface area contributed by atoms with Crippen molar-refractivity contribution >= 4 is 30.9 Å². The number of amides is 3. The molecule has 0 saturated carbocycles. The molecule has 198 valence electrons. The van der Waals surface area contributed by atoms with E-state index in [4.69, 9.17) is 16.1 Å². The van der Waals surface area contributed by atoms with Crippen molar-refractivity contribution in [3.05, 3.63) is 34.9 Å². The Morgan fingerprint density at radius 3 is 2.29 bits per heavy atom. The van der Waals surface area contributed by atoms with E-state index in [2.05, 4.69) is 10.6 Å². The molecule has 3 amide bonds. The SMILES string of the molecule is CC(C)[C@@H](NC(=O)NCC(C)(C)OP(C)(C)=O)C(=O)N1CC[C@](O)(c2ccc(Cl)cc2)C(C)(C)C1. The van der Waals surface area contributed by atoms with Crippen molar-refractivity contribution in [2.75, 3.05) is 33.0 Å². The fourth-order valence-corrected chi connectivity index (χ4v) is 5.97. The topological polar surface area (TPSA) is 108 Å². The molecular weight excluding hydrogens is 489 g/mol. The molecule has 2 rings (SSSR count). The molecule has 0 unspecified atom stereocenters. The number of piperidine rings is 1. The first-order valence-electron chi connectivity index (χ1n) is 11.9. The first-order valence-corrected chi connectivity index (χ1v) is 14.8. The molecule has 0 aromatic heterocycles. The average Bonchev–Trinajstić information content (AvgIpc) is 2.70. The minimum Gasteiger partial charge on any atom is -0.384 e. The molecule has 1 aliphatic heterocycles. The number of nitrogens with zero attached hydrogens (tertiary/aromatic N) is 1. The molecule has 2 atom stereocenters. The summed E-state index contributed by atoms with van der Waals surface area (Å²) in [5.74, 6) is -0.340. The smallest absolute Gasteiger partial charge is 0.315 e. The third kappa shape index (κ3) is 7.69. The van der Waals surface area contributed by atoms with Crippen molar-refractivity contribution in [2.45, 2.75) is 65.2 Å². The van der Waals surface area contributed by atoms with Crippen LogP contribution in [0.25, 0.3) is 0 Å². The van der Waals surface area contributed by atoms with Gasteiger partial charge in [-0.05, 0) is 43.9 Å². The molecule has 0 radical (unpaired) electrons. The minimum atomic E-state index is -2.73. The molecular formula is C25H41ClN3O5P. The summed E-state index contributed by atoms with van der Waals surface area (Å²) in [6.45, 7) is 15.0. The number of nitrogens with one attached hydrogen (secondary N) is 2. The van der Waals surface area contributed by atoms with Crippen LogP contribution in [-0.4, -0.2) is 66.6 Å². The van der Waals surface area contributed by atoms with Crippen LogP contribution >= 0.6 is 19.0 Å². The molecule has 8 nitrogen and oxygen atoms in total. The molecule has 3 N–H and O–H groups in total. The Morgan fingerprint density at radius 2 is 1.80 bits per heavy atom. The number of aliphatic hydroxyl groups is 1. The van der Waals surface area contributed by atoms with Crippen LogP contribution in [0.15, 0.2) is 24.3 Å². The first kappa shape index (κ1) is 29.6. The second kappa shape index (κ2) is 10.8. The fourth-order valence-electron chi connectivity index (χ4n) is 4.59. The van der Waals surface area contributed by atoms with Gasteiger partial charge in [0, 0.05) is 43.4 Å². The van der Waals surface area contributed by atoms with Crippen LogP contribution in [0.3, 0.4) is 0 Å². The molecule has 0 spiro atoms. The number of benzene rings is 1. The predicted molar refractivity (Wildman–Crippen MR) is 140 cm³/mol. The Balaban J connectivity index is 2.08. The molecule has 1 aliphatic rings. The van der Waals surface area contributed by atoms with E-state index in [0.29, 0.717) is 24.5 Å². The number of carbonyl (C=O) groups excluding carboxylic acids is 2. The van der Waals surface area contributed by atoms with Crippen molar-refractivity contribution in [2.24, 2.45) is 11.3 Å². The van der Waals surface area contributed by atoms with Crippen LogP contribution in [0.5, 0.6) is 0 Å². The molecule has 1 aromatic rings. The molecule has 35 heavy (non-hydrogen) atoms. The zero-order chi connectivity index (χ0) is 26.8. The zero-order valence-corrected chi connectivity index (χ0v) is 23.8. The molecule has 1 heterocycles. The number of likely N-dealkylation sites (tertiary alicyclic amines) is 1. The number of halogens is 1. The normalized spacial score (nSPS) is 21.5. The molecule has 0 bridgehead atoms.